The van der Waals surface area contributed by atoms with Gasteiger partial charge in [-0.25, -0.2) is 0 Å². The highest BCUT2D eigenvalue weighted by molar-refractivity contribution is 6.00. The molecule has 8 N–H and O–H groups in total. The Kier molecular flexibility index (Phi) is 8.41. The topological polar surface area (TPSA) is 185 Å². The second-order valence-corrected chi connectivity index (χ2v) is 11.2. The number of fused-ring (bicyclic) bond motifs is 1. The van der Waals surface area contributed by atoms with E-state index in [-0.39, 0.29) is 36.4 Å². The molecule has 0 saturated heterocycles. The van der Waals surface area contributed by atoms with Crippen molar-refractivity contribution in [2.75, 3.05) is 18.4 Å². The first-order valence-electron chi connectivity index (χ1n) is 13.3. The van der Waals surface area contributed by atoms with Gasteiger partial charge in [-0.15, -0.1) is 0 Å². The summed E-state index contributed by atoms with van der Waals surface area (Å²) in [4.78, 5) is 48.7. The van der Waals surface area contributed by atoms with E-state index in [0.717, 1.165) is 23.4 Å². The number of esters is 1. The van der Waals surface area contributed by atoms with Crippen LogP contribution in [-0.4, -0.2) is 59.4 Å². The van der Waals surface area contributed by atoms with Crippen LogP contribution in [0.5, 0.6) is 0 Å². The van der Waals surface area contributed by atoms with Crippen molar-refractivity contribution in [3.05, 3.63) is 47.3 Å². The molecule has 2 aliphatic carbocycles. The minimum Gasteiger partial charge on any atom is -0.461 e. The van der Waals surface area contributed by atoms with E-state index in [1.54, 1.807) is 6.07 Å². The first-order valence-corrected chi connectivity index (χ1v) is 13.3. The Morgan fingerprint density at radius 1 is 1.13 bits per heavy atom. The third kappa shape index (κ3) is 6.66. The second kappa shape index (κ2) is 11.6. The molecule has 1 atom stereocenters. The molecule has 2 aromatic rings. The summed E-state index contributed by atoms with van der Waals surface area (Å²) in [6.07, 6.45) is 5.63. The summed E-state index contributed by atoms with van der Waals surface area (Å²) in [5, 5.41) is 5.90. The number of hydrogen-bond donors (Lipinski definition) is 5. The van der Waals surface area contributed by atoms with Crippen molar-refractivity contribution in [1.29, 1.82) is 0 Å². The number of hydrogen-bond acceptors (Lipinski definition) is 8. The summed E-state index contributed by atoms with van der Waals surface area (Å²) in [6.45, 7) is 3.92. The summed E-state index contributed by atoms with van der Waals surface area (Å²) in [6, 6.07) is 6.50. The quantitative estimate of drug-likeness (QED) is 0.297. The first-order chi connectivity index (χ1) is 18.5. The maximum absolute atomic E-state index is 12.7. The summed E-state index contributed by atoms with van der Waals surface area (Å²) < 4.78 is 7.52. The molecule has 2 aliphatic rings. The number of nitrogens with two attached hydrogens (primary N) is 3. The van der Waals surface area contributed by atoms with Gasteiger partial charge in [0, 0.05) is 47.8 Å². The van der Waals surface area contributed by atoms with Gasteiger partial charge in [0.05, 0.1) is 11.6 Å². The number of Topliss-reactive ketones (excluding diaryl/α,β-unsaturated/α-hetero) is 1. The van der Waals surface area contributed by atoms with Crippen LogP contribution in [0.2, 0.25) is 0 Å². The van der Waals surface area contributed by atoms with Crippen LogP contribution in [0.25, 0.3) is 5.69 Å². The number of nitrogens with zero attached hydrogens (tertiary/aromatic N) is 1. The molecule has 1 saturated carbocycles. The smallest absolute Gasteiger partial charge is 0.325 e. The van der Waals surface area contributed by atoms with E-state index < -0.39 is 23.8 Å². The van der Waals surface area contributed by atoms with Gasteiger partial charge in [0.1, 0.15) is 12.6 Å². The lowest BCUT2D eigenvalue weighted by atomic mass is 9.76. The molecular formula is C28H38N6O5. The largest absolute Gasteiger partial charge is 0.461 e. The number of carbonyl (C=O) groups excluding carboxylic acids is 4. The fourth-order valence-corrected chi connectivity index (χ4v) is 5.37. The zero-order valence-corrected chi connectivity index (χ0v) is 22.5. The maximum atomic E-state index is 12.7. The van der Waals surface area contributed by atoms with Gasteiger partial charge in [-0.3, -0.25) is 19.2 Å². The van der Waals surface area contributed by atoms with Gasteiger partial charge in [-0.1, -0.05) is 13.8 Å². The number of nitrogens with one attached hydrogen (secondary N) is 2. The SMILES string of the molecule is CC1(C)CC(=O)c2ccn(-c3ccc(C(N)=O)c(NC4CCC(OC(=O)CNC(=O)C(N)CN)CC4)c3)c2C1. The fraction of sp³-hybridized carbons (Fsp3) is 0.500. The van der Waals surface area contributed by atoms with Gasteiger partial charge in [0.15, 0.2) is 5.78 Å². The van der Waals surface area contributed by atoms with Crippen molar-refractivity contribution < 1.29 is 23.9 Å². The molecular weight excluding hydrogens is 500 g/mol. The van der Waals surface area contributed by atoms with Crippen LogP contribution in [0.3, 0.4) is 0 Å². The van der Waals surface area contributed by atoms with Gasteiger partial charge in [-0.2, -0.15) is 0 Å². The zero-order valence-electron chi connectivity index (χ0n) is 22.5. The van der Waals surface area contributed by atoms with Crippen LogP contribution in [0.4, 0.5) is 5.69 Å². The maximum Gasteiger partial charge on any atom is 0.325 e. The highest BCUT2D eigenvalue weighted by Gasteiger charge is 2.33. The molecule has 210 valence electrons. The number of amides is 2. The number of anilines is 1. The van der Waals surface area contributed by atoms with Crippen LogP contribution < -0.4 is 27.8 Å². The number of ether oxygens (including phenoxy) is 1. The summed E-state index contributed by atoms with van der Waals surface area (Å²) in [5.41, 5.74) is 20.0. The summed E-state index contributed by atoms with van der Waals surface area (Å²) >= 11 is 0. The molecule has 4 rings (SSSR count). The Bertz CT molecular complexity index is 1260. The number of carbonyl (C=O) groups is 4. The van der Waals surface area contributed by atoms with Gasteiger partial charge >= 0.3 is 5.97 Å². The Morgan fingerprint density at radius 2 is 1.85 bits per heavy atom. The third-order valence-corrected chi connectivity index (χ3v) is 7.45. The highest BCUT2D eigenvalue weighted by Crippen LogP contribution is 2.37. The monoisotopic (exact) mass is 538 g/mol. The Balaban J connectivity index is 1.40. The second-order valence-electron chi connectivity index (χ2n) is 11.2. The van der Waals surface area contributed by atoms with Crippen LogP contribution in [-0.2, 0) is 20.7 Å². The lowest BCUT2D eigenvalue weighted by Crippen LogP contribution is -2.47. The van der Waals surface area contributed by atoms with Crippen molar-refractivity contribution in [3.8, 4) is 5.69 Å². The highest BCUT2D eigenvalue weighted by atomic mass is 16.5. The molecule has 11 heteroatoms. The molecule has 1 heterocycles. The van der Waals surface area contributed by atoms with Crippen LogP contribution in [0.15, 0.2) is 30.5 Å². The molecule has 39 heavy (non-hydrogen) atoms. The lowest BCUT2D eigenvalue weighted by Gasteiger charge is -2.31. The van der Waals surface area contributed by atoms with Crippen molar-refractivity contribution in [3.63, 3.8) is 0 Å². The average Bonchev–Trinajstić information content (AvgIpc) is 3.30. The van der Waals surface area contributed by atoms with E-state index in [2.05, 4.69) is 24.5 Å². The van der Waals surface area contributed by atoms with E-state index in [1.165, 1.54) is 0 Å². The zero-order chi connectivity index (χ0) is 28.3. The lowest BCUT2D eigenvalue weighted by molar-refractivity contribution is -0.150. The number of primary amides is 1. The Labute approximate surface area is 227 Å². The fourth-order valence-electron chi connectivity index (χ4n) is 5.37. The van der Waals surface area contributed by atoms with Gasteiger partial charge < -0.3 is 37.1 Å². The molecule has 0 radical (unpaired) electrons. The first kappa shape index (κ1) is 28.3. The summed E-state index contributed by atoms with van der Waals surface area (Å²) in [5.74, 6) is -1.41. The van der Waals surface area contributed by atoms with Gasteiger partial charge in [0.25, 0.3) is 5.91 Å². The van der Waals surface area contributed by atoms with Crippen LogP contribution in [0, 0.1) is 5.41 Å². The molecule has 0 spiro atoms. The van der Waals surface area contributed by atoms with E-state index in [1.807, 2.05) is 29.0 Å². The molecule has 2 amide bonds. The van der Waals surface area contributed by atoms with Crippen molar-refractivity contribution >= 4 is 29.3 Å². The number of rotatable bonds is 9. The van der Waals surface area contributed by atoms with Crippen molar-refractivity contribution in [1.82, 2.24) is 9.88 Å². The molecule has 0 aliphatic heterocycles. The van der Waals surface area contributed by atoms with Crippen molar-refractivity contribution in [2.45, 2.75) is 70.6 Å². The molecule has 11 nitrogen and oxygen atoms in total. The van der Waals surface area contributed by atoms with E-state index in [4.69, 9.17) is 21.9 Å². The number of aromatic nitrogens is 1. The number of ketones is 1. The minimum absolute atomic E-state index is 0.0102. The van der Waals surface area contributed by atoms with Crippen LogP contribution >= 0.6 is 0 Å². The Morgan fingerprint density at radius 3 is 2.51 bits per heavy atom. The molecule has 0 bridgehead atoms. The van der Waals surface area contributed by atoms with Crippen LogP contribution in [0.1, 0.15) is 72.4 Å². The van der Waals surface area contributed by atoms with Gasteiger partial charge in [0.2, 0.25) is 5.91 Å². The molecule has 1 aromatic carbocycles. The minimum atomic E-state index is -0.861. The molecule has 1 aromatic heterocycles. The normalized spacial score (nSPS) is 21.0. The summed E-state index contributed by atoms with van der Waals surface area (Å²) in [7, 11) is 0. The van der Waals surface area contributed by atoms with Gasteiger partial charge in [-0.05, 0) is 61.8 Å². The van der Waals surface area contributed by atoms with Crippen molar-refractivity contribution in [2.24, 2.45) is 22.6 Å². The standard InChI is InChI=1S/C28H38N6O5/c1-28(2)12-23-20(24(35)13-28)9-10-34(23)17-5-8-19(26(31)37)22(11-17)33-16-3-6-18(7-4-16)39-25(36)15-32-27(38)21(30)14-29/h5,8-11,16,18,21,33H,3-4,6-7,12-15,29-30H2,1-2H3,(H2,31,37)(H,32,38). The number of benzene rings is 1. The predicted octanol–water partition coefficient (Wildman–Crippen LogP) is 1.40. The molecule has 1 fully saturated rings. The van der Waals surface area contributed by atoms with E-state index in [9.17, 15) is 19.2 Å². The van der Waals surface area contributed by atoms with E-state index >= 15 is 0 Å². The molecule has 1 unspecified atom stereocenters. The third-order valence-electron chi connectivity index (χ3n) is 7.45. The average molecular weight is 539 g/mol. The van der Waals surface area contributed by atoms with E-state index in [0.29, 0.717) is 43.4 Å². The Hall–Kier alpha value is -3.70. The predicted molar refractivity (Wildman–Crippen MR) is 147 cm³/mol.